The van der Waals surface area contributed by atoms with E-state index in [1.807, 2.05) is 13.0 Å². The highest BCUT2D eigenvalue weighted by Crippen LogP contribution is 2.05. The zero-order valence-electron chi connectivity index (χ0n) is 10.9. The van der Waals surface area contributed by atoms with Crippen LogP contribution in [0.25, 0.3) is 6.08 Å². The van der Waals surface area contributed by atoms with Crippen molar-refractivity contribution in [2.24, 2.45) is 0 Å². The third kappa shape index (κ3) is 4.20. The van der Waals surface area contributed by atoms with E-state index in [4.69, 9.17) is 0 Å². The molecule has 102 valence electrons. The van der Waals surface area contributed by atoms with Crippen LogP contribution in [0.5, 0.6) is 0 Å². The van der Waals surface area contributed by atoms with Gasteiger partial charge in [0.15, 0.2) is 0 Å². The Labute approximate surface area is 116 Å². The first kappa shape index (κ1) is 13.7. The van der Waals surface area contributed by atoms with Crippen molar-refractivity contribution in [3.05, 3.63) is 65.9 Å². The van der Waals surface area contributed by atoms with Crippen molar-refractivity contribution >= 4 is 17.8 Å². The molecule has 0 atom stereocenters. The minimum absolute atomic E-state index is 0.292. The lowest BCUT2D eigenvalue weighted by Crippen LogP contribution is -2.23. The molecule has 0 aliphatic carbocycles. The number of halogens is 1. The Morgan fingerprint density at radius 2 is 1.95 bits per heavy atom. The standard InChI is InChI=1S/C15H14FN3O/c1-11-2-7-14(10-18-11)19-15(20)17-9-8-12-3-5-13(16)6-4-12/h2-10H,1H3,(H2,17,19,20)/b9-8+. The van der Waals surface area contributed by atoms with Gasteiger partial charge in [-0.15, -0.1) is 0 Å². The average molecular weight is 271 g/mol. The van der Waals surface area contributed by atoms with Crippen molar-refractivity contribution in [2.75, 3.05) is 5.32 Å². The maximum Gasteiger partial charge on any atom is 0.323 e. The highest BCUT2D eigenvalue weighted by molar-refractivity contribution is 5.90. The number of aromatic nitrogens is 1. The number of benzene rings is 1. The number of carbonyl (C=O) groups excluding carboxylic acids is 1. The van der Waals surface area contributed by atoms with Crippen molar-refractivity contribution < 1.29 is 9.18 Å². The van der Waals surface area contributed by atoms with Gasteiger partial charge in [0.05, 0.1) is 11.9 Å². The van der Waals surface area contributed by atoms with Gasteiger partial charge in [-0.1, -0.05) is 12.1 Å². The number of hydrogen-bond acceptors (Lipinski definition) is 2. The van der Waals surface area contributed by atoms with Crippen LogP contribution in [0.3, 0.4) is 0 Å². The summed E-state index contributed by atoms with van der Waals surface area (Å²) in [6.07, 6.45) is 4.75. The van der Waals surface area contributed by atoms with Crippen LogP contribution < -0.4 is 10.6 Å². The lowest BCUT2D eigenvalue weighted by atomic mass is 10.2. The number of nitrogens with one attached hydrogen (secondary N) is 2. The van der Waals surface area contributed by atoms with Gasteiger partial charge in [0.25, 0.3) is 0 Å². The number of aryl methyl sites for hydroxylation is 1. The van der Waals surface area contributed by atoms with E-state index in [0.29, 0.717) is 5.69 Å². The predicted octanol–water partition coefficient (Wildman–Crippen LogP) is 3.32. The number of nitrogens with zero attached hydrogens (tertiary/aromatic N) is 1. The maximum absolute atomic E-state index is 12.7. The van der Waals surface area contributed by atoms with Crippen molar-refractivity contribution in [3.63, 3.8) is 0 Å². The molecule has 0 spiro atoms. The molecule has 0 saturated carbocycles. The van der Waals surface area contributed by atoms with E-state index in [0.717, 1.165) is 11.3 Å². The molecule has 20 heavy (non-hydrogen) atoms. The van der Waals surface area contributed by atoms with Crippen LogP contribution in [-0.4, -0.2) is 11.0 Å². The molecular weight excluding hydrogens is 257 g/mol. The summed E-state index contributed by atoms with van der Waals surface area (Å²) in [6, 6.07) is 9.17. The third-order valence-electron chi connectivity index (χ3n) is 2.53. The third-order valence-corrected chi connectivity index (χ3v) is 2.53. The van der Waals surface area contributed by atoms with Gasteiger partial charge < -0.3 is 10.6 Å². The quantitative estimate of drug-likeness (QED) is 0.899. The summed E-state index contributed by atoms with van der Waals surface area (Å²) in [5, 5.41) is 5.20. The van der Waals surface area contributed by atoms with E-state index in [2.05, 4.69) is 15.6 Å². The monoisotopic (exact) mass is 271 g/mol. The second kappa shape index (κ2) is 6.47. The molecule has 0 saturated heterocycles. The predicted molar refractivity (Wildman–Crippen MR) is 76.6 cm³/mol. The van der Waals surface area contributed by atoms with Gasteiger partial charge in [0.2, 0.25) is 0 Å². The van der Waals surface area contributed by atoms with Crippen LogP contribution in [0, 0.1) is 12.7 Å². The Bertz CT molecular complexity index is 606. The summed E-state index contributed by atoms with van der Waals surface area (Å²) in [7, 11) is 0. The summed E-state index contributed by atoms with van der Waals surface area (Å²) < 4.78 is 12.7. The van der Waals surface area contributed by atoms with E-state index < -0.39 is 0 Å². The zero-order chi connectivity index (χ0) is 14.4. The minimum atomic E-state index is -0.367. The summed E-state index contributed by atoms with van der Waals surface area (Å²) in [6.45, 7) is 1.87. The molecule has 2 rings (SSSR count). The van der Waals surface area contributed by atoms with Crippen LogP contribution in [0.2, 0.25) is 0 Å². The number of pyridine rings is 1. The van der Waals surface area contributed by atoms with E-state index in [9.17, 15) is 9.18 Å². The molecule has 0 aliphatic rings. The van der Waals surface area contributed by atoms with E-state index >= 15 is 0 Å². The number of carbonyl (C=O) groups is 1. The molecule has 2 N–H and O–H groups in total. The van der Waals surface area contributed by atoms with Crippen LogP contribution in [0.1, 0.15) is 11.3 Å². The molecule has 0 unspecified atom stereocenters. The Hall–Kier alpha value is -2.69. The SMILES string of the molecule is Cc1ccc(NC(=O)N/C=C/c2ccc(F)cc2)cn1. The fourth-order valence-electron chi connectivity index (χ4n) is 1.50. The van der Waals surface area contributed by atoms with E-state index in [1.54, 1.807) is 30.5 Å². The molecule has 0 aliphatic heterocycles. The molecule has 1 aromatic heterocycles. The van der Waals surface area contributed by atoms with Crippen molar-refractivity contribution in [1.82, 2.24) is 10.3 Å². The lowest BCUT2D eigenvalue weighted by molar-refractivity contribution is 0.255. The second-order valence-corrected chi connectivity index (χ2v) is 4.17. The molecule has 0 bridgehead atoms. The topological polar surface area (TPSA) is 54.0 Å². The van der Waals surface area contributed by atoms with Gasteiger partial charge >= 0.3 is 6.03 Å². The number of urea groups is 1. The molecule has 1 heterocycles. The average Bonchev–Trinajstić information content (AvgIpc) is 2.44. The molecule has 2 aromatic rings. The minimum Gasteiger partial charge on any atom is -0.314 e. The van der Waals surface area contributed by atoms with E-state index in [1.165, 1.54) is 18.3 Å². The van der Waals surface area contributed by atoms with Gasteiger partial charge in [-0.05, 0) is 42.8 Å². The lowest BCUT2D eigenvalue weighted by Gasteiger charge is -2.04. The molecule has 0 radical (unpaired) electrons. The maximum atomic E-state index is 12.7. The van der Waals surface area contributed by atoms with Crippen molar-refractivity contribution in [2.45, 2.75) is 6.92 Å². The Morgan fingerprint density at radius 3 is 2.60 bits per heavy atom. The number of rotatable bonds is 3. The van der Waals surface area contributed by atoms with E-state index in [-0.39, 0.29) is 11.8 Å². The van der Waals surface area contributed by atoms with Crippen LogP contribution in [0.15, 0.2) is 48.8 Å². The van der Waals surface area contributed by atoms with Gasteiger partial charge in [-0.2, -0.15) is 0 Å². The van der Waals surface area contributed by atoms with Gasteiger partial charge in [0, 0.05) is 11.9 Å². The smallest absolute Gasteiger partial charge is 0.314 e. The van der Waals surface area contributed by atoms with Gasteiger partial charge in [0.1, 0.15) is 5.82 Å². The van der Waals surface area contributed by atoms with Gasteiger partial charge in [-0.3, -0.25) is 4.98 Å². The first-order valence-electron chi connectivity index (χ1n) is 6.06. The van der Waals surface area contributed by atoms with Crippen LogP contribution >= 0.6 is 0 Å². The van der Waals surface area contributed by atoms with Gasteiger partial charge in [-0.25, -0.2) is 9.18 Å². The highest BCUT2D eigenvalue weighted by Gasteiger charge is 1.98. The Morgan fingerprint density at radius 1 is 1.20 bits per heavy atom. The molecule has 1 aromatic carbocycles. The normalized spacial score (nSPS) is 10.5. The largest absolute Gasteiger partial charge is 0.323 e. The molecule has 5 heteroatoms. The molecule has 4 nitrogen and oxygen atoms in total. The number of hydrogen-bond donors (Lipinski definition) is 2. The number of amides is 2. The molecular formula is C15H14FN3O. The fourth-order valence-corrected chi connectivity index (χ4v) is 1.50. The van der Waals surface area contributed by atoms with Crippen LogP contribution in [-0.2, 0) is 0 Å². The summed E-state index contributed by atoms with van der Waals surface area (Å²) >= 11 is 0. The van der Waals surface area contributed by atoms with Crippen LogP contribution in [0.4, 0.5) is 14.9 Å². The summed E-state index contributed by atoms with van der Waals surface area (Å²) in [4.78, 5) is 15.7. The summed E-state index contributed by atoms with van der Waals surface area (Å²) in [5.74, 6) is -0.292. The number of anilines is 1. The second-order valence-electron chi connectivity index (χ2n) is 4.17. The molecule has 2 amide bonds. The zero-order valence-corrected chi connectivity index (χ0v) is 10.9. The molecule has 0 fully saturated rings. The Kier molecular flexibility index (Phi) is 4.44. The summed E-state index contributed by atoms with van der Waals surface area (Å²) in [5.41, 5.74) is 2.29. The van der Waals surface area contributed by atoms with Crippen molar-refractivity contribution in [1.29, 1.82) is 0 Å². The first-order valence-corrected chi connectivity index (χ1v) is 6.06. The Balaban J connectivity index is 1.85. The highest BCUT2D eigenvalue weighted by atomic mass is 19.1. The first-order chi connectivity index (χ1) is 9.63. The fraction of sp³-hybridized carbons (Fsp3) is 0.0667. The van der Waals surface area contributed by atoms with Crippen molar-refractivity contribution in [3.8, 4) is 0 Å².